The normalized spacial score (nSPS) is 27.4. The lowest BCUT2D eigenvalue weighted by Gasteiger charge is -2.35. The van der Waals surface area contributed by atoms with Crippen molar-refractivity contribution in [1.82, 2.24) is 14.8 Å². The molecule has 4 heteroatoms. The summed E-state index contributed by atoms with van der Waals surface area (Å²) in [6.07, 6.45) is 8.97. The van der Waals surface area contributed by atoms with Crippen LogP contribution in [0.5, 0.6) is 0 Å². The molecular formula is C17H27N3O. The Morgan fingerprint density at radius 1 is 1.24 bits per heavy atom. The number of nitrogens with zero attached hydrogens (tertiary/aromatic N) is 2. The van der Waals surface area contributed by atoms with Crippen molar-refractivity contribution in [1.29, 1.82) is 0 Å². The van der Waals surface area contributed by atoms with Crippen LogP contribution in [-0.4, -0.2) is 35.0 Å². The Morgan fingerprint density at radius 2 is 2.14 bits per heavy atom. The summed E-state index contributed by atoms with van der Waals surface area (Å²) >= 11 is 0. The fourth-order valence-corrected chi connectivity index (χ4v) is 3.80. The topological polar surface area (TPSA) is 37.3 Å². The summed E-state index contributed by atoms with van der Waals surface area (Å²) in [5.41, 5.74) is 1.29. The lowest BCUT2D eigenvalue weighted by atomic mass is 9.96. The molecule has 2 fully saturated rings. The van der Waals surface area contributed by atoms with Crippen LogP contribution in [0.25, 0.3) is 0 Å². The highest BCUT2D eigenvalue weighted by atomic mass is 16.2. The van der Waals surface area contributed by atoms with Gasteiger partial charge in [0.1, 0.15) is 0 Å². The number of nitrogens with one attached hydrogen (secondary N) is 1. The Labute approximate surface area is 127 Å². The van der Waals surface area contributed by atoms with Crippen molar-refractivity contribution in [2.75, 3.05) is 19.6 Å². The predicted octanol–water partition coefficient (Wildman–Crippen LogP) is 2.47. The van der Waals surface area contributed by atoms with Gasteiger partial charge in [-0.05, 0) is 44.4 Å². The fourth-order valence-electron chi connectivity index (χ4n) is 3.80. The van der Waals surface area contributed by atoms with Gasteiger partial charge in [-0.15, -0.1) is 0 Å². The second-order valence-electron chi connectivity index (χ2n) is 6.48. The molecule has 4 nitrogen and oxygen atoms in total. The average Bonchev–Trinajstić information content (AvgIpc) is 2.80. The molecule has 1 N–H and O–H groups in total. The maximum atomic E-state index is 13.0. The van der Waals surface area contributed by atoms with Crippen LogP contribution in [0.4, 0.5) is 0 Å². The van der Waals surface area contributed by atoms with Crippen molar-refractivity contribution >= 4 is 5.91 Å². The Morgan fingerprint density at radius 3 is 2.86 bits per heavy atom. The summed E-state index contributed by atoms with van der Waals surface area (Å²) in [5.74, 6) is 0.551. The first kappa shape index (κ1) is 14.6. The van der Waals surface area contributed by atoms with Gasteiger partial charge in [0.25, 0.3) is 0 Å². The largest absolute Gasteiger partial charge is 0.353 e. The third kappa shape index (κ3) is 3.15. The Bertz CT molecular complexity index is 476. The van der Waals surface area contributed by atoms with E-state index < -0.39 is 0 Å². The SMILES string of the molecule is Cn1cccc1C1CCCCCN1C(=O)[C@H]1CCCNC1. The number of likely N-dealkylation sites (tertiary alicyclic amines) is 1. The monoisotopic (exact) mass is 289 g/mol. The van der Waals surface area contributed by atoms with Crippen LogP contribution in [-0.2, 0) is 11.8 Å². The van der Waals surface area contributed by atoms with E-state index >= 15 is 0 Å². The van der Waals surface area contributed by atoms with E-state index in [2.05, 4.69) is 40.2 Å². The second-order valence-corrected chi connectivity index (χ2v) is 6.48. The zero-order valence-corrected chi connectivity index (χ0v) is 13.1. The van der Waals surface area contributed by atoms with Crippen molar-refractivity contribution < 1.29 is 4.79 Å². The lowest BCUT2D eigenvalue weighted by molar-refractivity contribution is -0.138. The van der Waals surface area contributed by atoms with Crippen LogP contribution in [0.3, 0.4) is 0 Å². The highest BCUT2D eigenvalue weighted by Gasteiger charge is 2.32. The van der Waals surface area contributed by atoms with Crippen molar-refractivity contribution in [3.63, 3.8) is 0 Å². The summed E-state index contributed by atoms with van der Waals surface area (Å²) in [6, 6.07) is 4.53. The second kappa shape index (κ2) is 6.65. The Hall–Kier alpha value is -1.29. The van der Waals surface area contributed by atoms with Crippen molar-refractivity contribution in [2.24, 2.45) is 13.0 Å². The van der Waals surface area contributed by atoms with E-state index in [0.717, 1.165) is 45.3 Å². The molecule has 0 aliphatic carbocycles. The summed E-state index contributed by atoms with van der Waals surface area (Å²) < 4.78 is 2.18. The van der Waals surface area contributed by atoms with Gasteiger partial charge < -0.3 is 14.8 Å². The number of amides is 1. The molecule has 0 radical (unpaired) electrons. The fraction of sp³-hybridized carbons (Fsp3) is 0.706. The highest BCUT2D eigenvalue weighted by molar-refractivity contribution is 5.79. The third-order valence-corrected chi connectivity index (χ3v) is 5.01. The minimum absolute atomic E-state index is 0.180. The maximum absolute atomic E-state index is 13.0. The van der Waals surface area contributed by atoms with Gasteiger partial charge in [-0.25, -0.2) is 0 Å². The molecule has 21 heavy (non-hydrogen) atoms. The number of aromatic nitrogens is 1. The summed E-state index contributed by atoms with van der Waals surface area (Å²) in [6.45, 7) is 2.84. The molecule has 1 amide bonds. The zero-order chi connectivity index (χ0) is 14.7. The third-order valence-electron chi connectivity index (χ3n) is 5.01. The van der Waals surface area contributed by atoms with Crippen LogP contribution in [0.15, 0.2) is 18.3 Å². The van der Waals surface area contributed by atoms with Gasteiger partial charge in [-0.2, -0.15) is 0 Å². The van der Waals surface area contributed by atoms with E-state index in [1.54, 1.807) is 0 Å². The lowest BCUT2D eigenvalue weighted by Crippen LogP contribution is -2.44. The molecule has 1 aromatic heterocycles. The van der Waals surface area contributed by atoms with Crippen molar-refractivity contribution in [3.8, 4) is 0 Å². The van der Waals surface area contributed by atoms with E-state index in [4.69, 9.17) is 0 Å². The van der Waals surface area contributed by atoms with E-state index in [1.807, 2.05) is 0 Å². The van der Waals surface area contributed by atoms with Gasteiger partial charge in [0.05, 0.1) is 12.0 Å². The van der Waals surface area contributed by atoms with Gasteiger partial charge in [-0.1, -0.05) is 12.8 Å². The molecule has 2 saturated heterocycles. The van der Waals surface area contributed by atoms with Gasteiger partial charge in [-0.3, -0.25) is 4.79 Å². The van der Waals surface area contributed by atoms with Crippen molar-refractivity contribution in [2.45, 2.75) is 44.6 Å². The summed E-state index contributed by atoms with van der Waals surface area (Å²) in [4.78, 5) is 15.2. The first-order valence-corrected chi connectivity index (χ1v) is 8.40. The van der Waals surface area contributed by atoms with Gasteiger partial charge in [0.15, 0.2) is 0 Å². The molecule has 2 aliphatic rings. The van der Waals surface area contributed by atoms with Crippen LogP contribution in [0, 0.1) is 5.92 Å². The van der Waals surface area contributed by atoms with Crippen LogP contribution >= 0.6 is 0 Å². The summed E-state index contributed by atoms with van der Waals surface area (Å²) in [5, 5.41) is 3.38. The smallest absolute Gasteiger partial charge is 0.227 e. The molecule has 3 heterocycles. The van der Waals surface area contributed by atoms with Crippen molar-refractivity contribution in [3.05, 3.63) is 24.0 Å². The van der Waals surface area contributed by atoms with Gasteiger partial charge in [0, 0.05) is 32.0 Å². The number of aryl methyl sites for hydroxylation is 1. The molecule has 0 aromatic carbocycles. The summed E-state index contributed by atoms with van der Waals surface area (Å²) in [7, 11) is 2.09. The highest BCUT2D eigenvalue weighted by Crippen LogP contribution is 2.32. The van der Waals surface area contributed by atoms with Gasteiger partial charge >= 0.3 is 0 Å². The number of hydrogen-bond donors (Lipinski definition) is 1. The average molecular weight is 289 g/mol. The maximum Gasteiger partial charge on any atom is 0.227 e. The minimum Gasteiger partial charge on any atom is -0.353 e. The molecule has 2 aliphatic heterocycles. The molecule has 116 valence electrons. The standard InChI is InChI=1S/C17H27N3O/c1-19-11-6-9-15(19)16-8-3-2-4-12-20(16)17(21)14-7-5-10-18-13-14/h6,9,11,14,16,18H,2-5,7-8,10,12-13H2,1H3/t14-,16?/m0/s1. The predicted molar refractivity (Wildman–Crippen MR) is 83.9 cm³/mol. The number of hydrogen-bond acceptors (Lipinski definition) is 2. The Kier molecular flexibility index (Phi) is 4.63. The number of piperidine rings is 1. The molecule has 2 atom stereocenters. The van der Waals surface area contributed by atoms with Crippen LogP contribution in [0.2, 0.25) is 0 Å². The molecule has 1 aromatic rings. The molecule has 1 unspecified atom stereocenters. The first-order chi connectivity index (χ1) is 10.3. The van der Waals surface area contributed by atoms with Crippen LogP contribution in [0.1, 0.15) is 50.3 Å². The number of rotatable bonds is 2. The minimum atomic E-state index is 0.180. The van der Waals surface area contributed by atoms with E-state index in [0.29, 0.717) is 5.91 Å². The molecule has 0 bridgehead atoms. The van der Waals surface area contributed by atoms with Gasteiger partial charge in [0.2, 0.25) is 5.91 Å². The van der Waals surface area contributed by atoms with Crippen LogP contribution < -0.4 is 5.32 Å². The Balaban J connectivity index is 1.81. The zero-order valence-electron chi connectivity index (χ0n) is 13.1. The molecular weight excluding hydrogens is 262 g/mol. The molecule has 0 spiro atoms. The number of carbonyl (C=O) groups excluding carboxylic acids is 1. The first-order valence-electron chi connectivity index (χ1n) is 8.40. The van der Waals surface area contributed by atoms with E-state index in [1.165, 1.54) is 18.5 Å². The number of carbonyl (C=O) groups is 1. The molecule has 3 rings (SSSR count). The molecule has 0 saturated carbocycles. The quantitative estimate of drug-likeness (QED) is 0.908. The van der Waals surface area contributed by atoms with E-state index in [9.17, 15) is 4.79 Å². The van der Waals surface area contributed by atoms with E-state index in [-0.39, 0.29) is 12.0 Å².